The fourth-order valence-corrected chi connectivity index (χ4v) is 3.96. The van der Waals surface area contributed by atoms with Gasteiger partial charge in [-0.1, -0.05) is 6.07 Å². The lowest BCUT2D eigenvalue weighted by Gasteiger charge is -2.26. The second kappa shape index (κ2) is 5.59. The van der Waals surface area contributed by atoms with Gasteiger partial charge < -0.3 is 4.90 Å². The summed E-state index contributed by atoms with van der Waals surface area (Å²) in [6.45, 7) is 4.25. The van der Waals surface area contributed by atoms with Crippen molar-refractivity contribution < 1.29 is 0 Å². The maximum Gasteiger partial charge on any atom is 0.240 e. The SMILES string of the molecule is Cc1cc2c(N(C)C(C)c3cccs3)nc(NN)nc2s1. The Labute approximate surface area is 131 Å². The first-order valence-electron chi connectivity index (χ1n) is 6.61. The summed E-state index contributed by atoms with van der Waals surface area (Å²) in [5.41, 5.74) is 2.56. The third-order valence-corrected chi connectivity index (χ3v) is 5.48. The second-order valence-electron chi connectivity index (χ2n) is 4.89. The monoisotopic (exact) mass is 319 g/mol. The molecule has 5 nitrogen and oxygen atoms in total. The standard InChI is InChI=1S/C14H17N5S2/c1-8-7-10-12(16-14(18-15)17-13(10)21-8)19(3)9(2)11-5-4-6-20-11/h4-7,9H,15H2,1-3H3,(H,16,17,18). The zero-order valence-corrected chi connectivity index (χ0v) is 13.8. The number of anilines is 2. The van der Waals surface area contributed by atoms with Gasteiger partial charge in [-0.2, -0.15) is 4.98 Å². The average molecular weight is 319 g/mol. The van der Waals surface area contributed by atoms with E-state index in [0.29, 0.717) is 5.95 Å². The molecule has 0 aliphatic carbocycles. The fraction of sp³-hybridized carbons (Fsp3) is 0.286. The number of fused-ring (bicyclic) bond motifs is 1. The van der Waals surface area contributed by atoms with Gasteiger partial charge in [-0.25, -0.2) is 10.8 Å². The van der Waals surface area contributed by atoms with Crippen LogP contribution in [0.4, 0.5) is 11.8 Å². The molecule has 0 aliphatic rings. The third-order valence-electron chi connectivity index (χ3n) is 3.49. The van der Waals surface area contributed by atoms with E-state index in [0.717, 1.165) is 16.0 Å². The van der Waals surface area contributed by atoms with Crippen molar-refractivity contribution in [3.63, 3.8) is 0 Å². The summed E-state index contributed by atoms with van der Waals surface area (Å²) in [6, 6.07) is 6.59. The molecule has 0 aromatic carbocycles. The molecule has 0 saturated carbocycles. The Morgan fingerprint density at radius 3 is 2.86 bits per heavy atom. The molecule has 1 unspecified atom stereocenters. The number of nitrogens with zero attached hydrogens (tertiary/aromatic N) is 3. The van der Waals surface area contributed by atoms with Gasteiger partial charge in [0.25, 0.3) is 0 Å². The number of nitrogens with two attached hydrogens (primary N) is 1. The van der Waals surface area contributed by atoms with Gasteiger partial charge in [0.1, 0.15) is 10.6 Å². The summed E-state index contributed by atoms with van der Waals surface area (Å²) in [6.07, 6.45) is 0. The maximum atomic E-state index is 5.50. The molecule has 0 fully saturated rings. The lowest BCUT2D eigenvalue weighted by Crippen LogP contribution is -2.23. The Kier molecular flexibility index (Phi) is 3.79. The van der Waals surface area contributed by atoms with Gasteiger partial charge in [0.05, 0.1) is 11.4 Å². The molecule has 0 bridgehead atoms. The van der Waals surface area contributed by atoms with E-state index in [1.807, 2.05) is 0 Å². The predicted octanol–water partition coefficient (Wildman–Crippen LogP) is 3.54. The number of thiophene rings is 2. The van der Waals surface area contributed by atoms with Crippen LogP contribution in [0.3, 0.4) is 0 Å². The maximum absolute atomic E-state index is 5.50. The van der Waals surface area contributed by atoms with E-state index in [2.05, 4.69) is 64.8 Å². The van der Waals surface area contributed by atoms with E-state index in [-0.39, 0.29) is 6.04 Å². The Morgan fingerprint density at radius 2 is 2.19 bits per heavy atom. The summed E-state index contributed by atoms with van der Waals surface area (Å²) in [4.78, 5) is 14.6. The van der Waals surface area contributed by atoms with Crippen LogP contribution < -0.4 is 16.2 Å². The van der Waals surface area contributed by atoms with Crippen molar-refractivity contribution in [1.82, 2.24) is 9.97 Å². The van der Waals surface area contributed by atoms with Crippen LogP contribution in [0.25, 0.3) is 10.2 Å². The number of hydrogen-bond acceptors (Lipinski definition) is 7. The van der Waals surface area contributed by atoms with Crippen molar-refractivity contribution in [2.45, 2.75) is 19.9 Å². The van der Waals surface area contributed by atoms with Gasteiger partial charge in [-0.05, 0) is 31.4 Å². The van der Waals surface area contributed by atoms with Crippen LogP contribution in [0.15, 0.2) is 23.6 Å². The zero-order chi connectivity index (χ0) is 15.0. The van der Waals surface area contributed by atoms with Crippen molar-refractivity contribution in [2.75, 3.05) is 17.4 Å². The van der Waals surface area contributed by atoms with E-state index in [4.69, 9.17) is 5.84 Å². The third kappa shape index (κ3) is 2.59. The minimum atomic E-state index is 0.244. The molecule has 3 aromatic rings. The number of nitrogens with one attached hydrogen (secondary N) is 1. The Balaban J connectivity index is 2.09. The smallest absolute Gasteiger partial charge is 0.240 e. The summed E-state index contributed by atoms with van der Waals surface area (Å²) >= 11 is 3.40. The molecule has 3 heterocycles. The molecule has 0 amide bonds. The molecule has 1 atom stereocenters. The Hall–Kier alpha value is -1.70. The normalized spacial score (nSPS) is 12.6. The average Bonchev–Trinajstić information content (AvgIpc) is 3.12. The Bertz CT molecular complexity index is 750. The van der Waals surface area contributed by atoms with Gasteiger partial charge >= 0.3 is 0 Å². The van der Waals surface area contributed by atoms with Crippen LogP contribution in [-0.2, 0) is 0 Å². The Morgan fingerprint density at radius 1 is 1.38 bits per heavy atom. The van der Waals surface area contributed by atoms with Gasteiger partial charge in [-0.3, -0.25) is 5.43 Å². The predicted molar refractivity (Wildman–Crippen MR) is 91.1 cm³/mol. The fourth-order valence-electron chi connectivity index (χ4n) is 2.26. The largest absolute Gasteiger partial charge is 0.351 e. The molecule has 3 N–H and O–H groups in total. The minimum Gasteiger partial charge on any atom is -0.351 e. The summed E-state index contributed by atoms with van der Waals surface area (Å²) in [7, 11) is 2.06. The van der Waals surface area contributed by atoms with Gasteiger partial charge in [-0.15, -0.1) is 22.7 Å². The molecule has 21 heavy (non-hydrogen) atoms. The molecular weight excluding hydrogens is 302 g/mol. The molecule has 0 radical (unpaired) electrons. The van der Waals surface area contributed by atoms with Gasteiger partial charge in [0.2, 0.25) is 5.95 Å². The van der Waals surface area contributed by atoms with Crippen LogP contribution in [0.2, 0.25) is 0 Å². The highest BCUT2D eigenvalue weighted by Gasteiger charge is 2.19. The summed E-state index contributed by atoms with van der Waals surface area (Å²) < 4.78 is 0. The first-order valence-corrected chi connectivity index (χ1v) is 8.31. The van der Waals surface area contributed by atoms with Crippen LogP contribution in [-0.4, -0.2) is 17.0 Å². The highest BCUT2D eigenvalue weighted by molar-refractivity contribution is 7.18. The lowest BCUT2D eigenvalue weighted by molar-refractivity contribution is 0.745. The molecule has 0 aliphatic heterocycles. The molecule has 3 aromatic heterocycles. The quantitative estimate of drug-likeness (QED) is 0.569. The highest BCUT2D eigenvalue weighted by Crippen LogP contribution is 2.35. The van der Waals surface area contributed by atoms with Gasteiger partial charge in [0, 0.05) is 16.8 Å². The summed E-state index contributed by atoms with van der Waals surface area (Å²) in [5.74, 6) is 6.85. The molecule has 0 spiro atoms. The van der Waals surface area contributed by atoms with Crippen molar-refractivity contribution in [1.29, 1.82) is 0 Å². The summed E-state index contributed by atoms with van der Waals surface area (Å²) in [5, 5.41) is 3.17. The van der Waals surface area contributed by atoms with Crippen molar-refractivity contribution >= 4 is 44.7 Å². The van der Waals surface area contributed by atoms with Crippen molar-refractivity contribution in [3.05, 3.63) is 33.3 Å². The first kappa shape index (κ1) is 14.2. The van der Waals surface area contributed by atoms with E-state index in [9.17, 15) is 0 Å². The number of aromatic nitrogens is 2. The van der Waals surface area contributed by atoms with Crippen LogP contribution >= 0.6 is 22.7 Å². The number of nitrogen functional groups attached to an aromatic ring is 1. The number of hydrogen-bond donors (Lipinski definition) is 2. The molecule has 3 rings (SSSR count). The van der Waals surface area contributed by atoms with E-state index < -0.39 is 0 Å². The highest BCUT2D eigenvalue weighted by atomic mass is 32.1. The second-order valence-corrected chi connectivity index (χ2v) is 7.11. The lowest BCUT2D eigenvalue weighted by atomic mass is 10.2. The van der Waals surface area contributed by atoms with Crippen molar-refractivity contribution in [3.8, 4) is 0 Å². The number of aryl methyl sites for hydroxylation is 1. The zero-order valence-electron chi connectivity index (χ0n) is 12.1. The van der Waals surface area contributed by atoms with Crippen LogP contribution in [0.1, 0.15) is 22.7 Å². The topological polar surface area (TPSA) is 67.1 Å². The molecule has 110 valence electrons. The van der Waals surface area contributed by atoms with E-state index >= 15 is 0 Å². The molecule has 7 heteroatoms. The van der Waals surface area contributed by atoms with Gasteiger partial charge in [0.15, 0.2) is 0 Å². The number of rotatable bonds is 4. The van der Waals surface area contributed by atoms with E-state index in [1.54, 1.807) is 22.7 Å². The van der Waals surface area contributed by atoms with Crippen LogP contribution in [0.5, 0.6) is 0 Å². The molecule has 0 saturated heterocycles. The van der Waals surface area contributed by atoms with Crippen LogP contribution in [0, 0.1) is 6.92 Å². The minimum absolute atomic E-state index is 0.244. The first-order chi connectivity index (χ1) is 10.1. The molecular formula is C14H17N5S2. The van der Waals surface area contributed by atoms with Crippen molar-refractivity contribution in [2.24, 2.45) is 5.84 Å². The van der Waals surface area contributed by atoms with E-state index in [1.165, 1.54) is 9.75 Å². The number of hydrazine groups is 1.